The normalized spacial score (nSPS) is 10.4. The van der Waals surface area contributed by atoms with E-state index in [9.17, 15) is 4.79 Å². The number of para-hydroxylation sites is 2. The van der Waals surface area contributed by atoms with Gasteiger partial charge in [0.2, 0.25) is 5.91 Å². The van der Waals surface area contributed by atoms with E-state index in [1.54, 1.807) is 5.01 Å². The summed E-state index contributed by atoms with van der Waals surface area (Å²) in [5.74, 6) is 0.186. The number of hydrogen-bond acceptors (Lipinski definition) is 6. The summed E-state index contributed by atoms with van der Waals surface area (Å²) in [6, 6.07) is 19.5. The van der Waals surface area contributed by atoms with Crippen molar-refractivity contribution in [3.05, 3.63) is 65.7 Å². The van der Waals surface area contributed by atoms with Crippen LogP contribution in [0.4, 0.5) is 11.4 Å². The highest BCUT2D eigenvalue weighted by molar-refractivity contribution is 8.01. The Kier molecular flexibility index (Phi) is 5.45. The first-order chi connectivity index (χ1) is 11.7. The van der Waals surface area contributed by atoms with E-state index in [1.807, 2.05) is 67.6 Å². The minimum Gasteiger partial charge on any atom is -0.272 e. The Labute approximate surface area is 148 Å². The summed E-state index contributed by atoms with van der Waals surface area (Å²) < 4.78 is 0.800. The van der Waals surface area contributed by atoms with Crippen molar-refractivity contribution in [2.45, 2.75) is 11.3 Å². The zero-order chi connectivity index (χ0) is 16.8. The van der Waals surface area contributed by atoms with Crippen molar-refractivity contribution in [3.63, 3.8) is 0 Å². The second kappa shape index (κ2) is 7.94. The Bertz CT molecular complexity index is 753. The average molecular weight is 356 g/mol. The molecule has 122 valence electrons. The largest absolute Gasteiger partial charge is 0.272 e. The lowest BCUT2D eigenvalue weighted by Crippen LogP contribution is -2.39. The summed E-state index contributed by atoms with van der Waals surface area (Å²) in [5, 5.41) is 10.7. The summed E-state index contributed by atoms with van der Waals surface area (Å²) >= 11 is 2.88. The van der Waals surface area contributed by atoms with Gasteiger partial charge in [-0.2, -0.15) is 0 Å². The van der Waals surface area contributed by atoms with Crippen LogP contribution in [0.2, 0.25) is 0 Å². The summed E-state index contributed by atoms with van der Waals surface area (Å²) in [6.07, 6.45) is 0. The van der Waals surface area contributed by atoms with Gasteiger partial charge in [-0.3, -0.25) is 15.2 Å². The summed E-state index contributed by atoms with van der Waals surface area (Å²) in [7, 11) is 0. The van der Waals surface area contributed by atoms with Crippen LogP contribution in [0.25, 0.3) is 0 Å². The van der Waals surface area contributed by atoms with Crippen LogP contribution in [-0.4, -0.2) is 21.9 Å². The Morgan fingerprint density at radius 2 is 1.62 bits per heavy atom. The molecule has 7 heteroatoms. The molecule has 3 rings (SSSR count). The first kappa shape index (κ1) is 16.5. The van der Waals surface area contributed by atoms with Crippen molar-refractivity contribution >= 4 is 40.4 Å². The molecule has 3 aromatic rings. The molecule has 2 aromatic carbocycles. The SMILES string of the molecule is Cc1nnc(SCC(=O)NN(c2ccccc2)c2ccccc2)s1. The minimum atomic E-state index is -0.0967. The molecule has 1 amide bonds. The monoisotopic (exact) mass is 356 g/mol. The van der Waals surface area contributed by atoms with E-state index in [4.69, 9.17) is 0 Å². The van der Waals surface area contributed by atoms with Crippen LogP contribution in [0.15, 0.2) is 65.0 Å². The topological polar surface area (TPSA) is 58.1 Å². The number of carbonyl (C=O) groups excluding carboxylic acids is 1. The number of anilines is 2. The number of amides is 1. The molecule has 0 bridgehead atoms. The number of hydrogen-bond donors (Lipinski definition) is 1. The van der Waals surface area contributed by atoms with Gasteiger partial charge < -0.3 is 0 Å². The van der Waals surface area contributed by atoms with Crippen molar-refractivity contribution in [1.82, 2.24) is 15.6 Å². The van der Waals surface area contributed by atoms with Crippen LogP contribution in [-0.2, 0) is 4.79 Å². The molecule has 0 spiro atoms. The quantitative estimate of drug-likeness (QED) is 0.538. The number of thioether (sulfide) groups is 1. The standard InChI is InChI=1S/C17H16N4OS2/c1-13-18-19-17(24-13)23-12-16(22)20-21(14-8-4-2-5-9-14)15-10-6-3-7-11-15/h2-11H,12H2,1H3,(H,20,22). The lowest BCUT2D eigenvalue weighted by molar-refractivity contribution is -0.118. The van der Waals surface area contributed by atoms with Gasteiger partial charge in [-0.25, -0.2) is 0 Å². The molecule has 1 aromatic heterocycles. The van der Waals surface area contributed by atoms with Crippen LogP contribution in [0.5, 0.6) is 0 Å². The molecule has 1 heterocycles. The molecular weight excluding hydrogens is 340 g/mol. The highest BCUT2D eigenvalue weighted by atomic mass is 32.2. The fraction of sp³-hybridized carbons (Fsp3) is 0.118. The number of aryl methyl sites for hydroxylation is 1. The summed E-state index contributed by atoms with van der Waals surface area (Å²) in [5.41, 5.74) is 4.75. The lowest BCUT2D eigenvalue weighted by Gasteiger charge is -2.25. The van der Waals surface area contributed by atoms with Gasteiger partial charge in [0, 0.05) is 0 Å². The number of nitrogens with one attached hydrogen (secondary N) is 1. The van der Waals surface area contributed by atoms with Gasteiger partial charge >= 0.3 is 0 Å². The van der Waals surface area contributed by atoms with Gasteiger partial charge in [0.15, 0.2) is 4.34 Å². The number of nitrogens with zero attached hydrogens (tertiary/aromatic N) is 3. The first-order valence-corrected chi connectivity index (χ1v) is 9.15. The Morgan fingerprint density at radius 3 is 2.12 bits per heavy atom. The molecule has 0 aliphatic carbocycles. The molecule has 0 saturated carbocycles. The highest BCUT2D eigenvalue weighted by Gasteiger charge is 2.13. The second-order valence-corrected chi connectivity index (χ2v) is 7.32. The molecule has 24 heavy (non-hydrogen) atoms. The zero-order valence-electron chi connectivity index (χ0n) is 13.0. The van der Waals surface area contributed by atoms with E-state index in [1.165, 1.54) is 23.1 Å². The lowest BCUT2D eigenvalue weighted by atomic mass is 10.2. The molecule has 0 atom stereocenters. The van der Waals surface area contributed by atoms with E-state index in [0.717, 1.165) is 20.7 Å². The van der Waals surface area contributed by atoms with E-state index in [0.29, 0.717) is 0 Å². The van der Waals surface area contributed by atoms with Gasteiger partial charge in [0.05, 0.1) is 17.1 Å². The maximum Gasteiger partial charge on any atom is 0.249 e. The Hall–Kier alpha value is -2.38. The average Bonchev–Trinajstić information content (AvgIpc) is 3.05. The molecule has 0 saturated heterocycles. The Balaban J connectivity index is 1.71. The second-order valence-electron chi connectivity index (χ2n) is 4.92. The maximum atomic E-state index is 12.4. The smallest absolute Gasteiger partial charge is 0.249 e. The first-order valence-electron chi connectivity index (χ1n) is 7.35. The van der Waals surface area contributed by atoms with Crippen molar-refractivity contribution in [3.8, 4) is 0 Å². The van der Waals surface area contributed by atoms with Crippen molar-refractivity contribution in [1.29, 1.82) is 0 Å². The predicted octanol–water partition coefficient (Wildman–Crippen LogP) is 3.81. The Morgan fingerprint density at radius 1 is 1.04 bits per heavy atom. The van der Waals surface area contributed by atoms with Gasteiger partial charge in [-0.15, -0.1) is 10.2 Å². The number of hydrazine groups is 1. The van der Waals surface area contributed by atoms with Crippen molar-refractivity contribution < 1.29 is 4.79 Å². The third-order valence-corrected chi connectivity index (χ3v) is 5.07. The van der Waals surface area contributed by atoms with Crippen LogP contribution >= 0.6 is 23.1 Å². The van der Waals surface area contributed by atoms with Crippen LogP contribution in [0, 0.1) is 6.92 Å². The highest BCUT2D eigenvalue weighted by Crippen LogP contribution is 2.24. The van der Waals surface area contributed by atoms with Crippen molar-refractivity contribution in [2.75, 3.05) is 10.8 Å². The third-order valence-electron chi connectivity index (χ3n) is 3.10. The van der Waals surface area contributed by atoms with E-state index in [2.05, 4.69) is 15.6 Å². The summed E-state index contributed by atoms with van der Waals surface area (Å²) in [4.78, 5) is 12.4. The van der Waals surface area contributed by atoms with Crippen molar-refractivity contribution in [2.24, 2.45) is 0 Å². The van der Waals surface area contributed by atoms with Gasteiger partial charge in [0.25, 0.3) is 0 Å². The minimum absolute atomic E-state index is 0.0967. The predicted molar refractivity (Wildman–Crippen MR) is 98.5 cm³/mol. The molecule has 5 nitrogen and oxygen atoms in total. The zero-order valence-corrected chi connectivity index (χ0v) is 14.7. The van der Waals surface area contributed by atoms with Gasteiger partial charge in [-0.1, -0.05) is 59.5 Å². The molecule has 0 aliphatic heterocycles. The molecule has 0 radical (unpaired) electrons. The fourth-order valence-corrected chi connectivity index (χ4v) is 3.66. The number of benzene rings is 2. The van der Waals surface area contributed by atoms with E-state index in [-0.39, 0.29) is 11.7 Å². The number of carbonyl (C=O) groups is 1. The third kappa shape index (κ3) is 4.33. The van der Waals surface area contributed by atoms with Gasteiger partial charge in [-0.05, 0) is 31.2 Å². The molecule has 0 aliphatic rings. The van der Waals surface area contributed by atoms with Gasteiger partial charge in [0.1, 0.15) is 5.01 Å². The number of aromatic nitrogens is 2. The van der Waals surface area contributed by atoms with Crippen LogP contribution < -0.4 is 10.4 Å². The van der Waals surface area contributed by atoms with Crippen LogP contribution in [0.3, 0.4) is 0 Å². The van der Waals surface area contributed by atoms with Crippen LogP contribution in [0.1, 0.15) is 5.01 Å². The maximum absolute atomic E-state index is 12.4. The summed E-state index contributed by atoms with van der Waals surface area (Å²) in [6.45, 7) is 1.90. The molecular formula is C17H16N4OS2. The molecule has 0 unspecified atom stereocenters. The molecule has 1 N–H and O–H groups in total. The molecule has 0 fully saturated rings. The number of rotatable bonds is 6. The van der Waals surface area contributed by atoms with E-state index < -0.39 is 0 Å². The van der Waals surface area contributed by atoms with E-state index >= 15 is 0 Å². The fourth-order valence-electron chi connectivity index (χ4n) is 2.05.